The van der Waals surface area contributed by atoms with Crippen LogP contribution in [0.4, 0.5) is 4.39 Å². The third-order valence-corrected chi connectivity index (χ3v) is 2.42. The van der Waals surface area contributed by atoms with Crippen molar-refractivity contribution < 1.29 is 13.9 Å². The topological polar surface area (TPSA) is 18.5 Å². The average Bonchev–Trinajstić information content (AvgIpc) is 2.16. The zero-order valence-electron chi connectivity index (χ0n) is 8.30. The summed E-state index contributed by atoms with van der Waals surface area (Å²) in [4.78, 5) is -0.0534. The van der Waals surface area contributed by atoms with Crippen molar-refractivity contribution in [2.24, 2.45) is 0 Å². The summed E-state index contributed by atoms with van der Waals surface area (Å²) < 4.78 is 23.5. The second-order valence-electron chi connectivity index (χ2n) is 2.84. The van der Waals surface area contributed by atoms with Crippen LogP contribution in [0.5, 0.6) is 11.5 Å². The molecular formula is C10H12BrFO2. The summed E-state index contributed by atoms with van der Waals surface area (Å²) in [7, 11) is 3.01. The number of methoxy groups -OCH3 is 2. The lowest BCUT2D eigenvalue weighted by Crippen LogP contribution is -1.96. The first-order valence-corrected chi connectivity index (χ1v) is 5.07. The quantitative estimate of drug-likeness (QED) is 0.779. The van der Waals surface area contributed by atoms with Crippen molar-refractivity contribution in [3.63, 3.8) is 0 Å². The van der Waals surface area contributed by atoms with Crippen molar-refractivity contribution >= 4 is 15.9 Å². The first kappa shape index (κ1) is 11.3. The van der Waals surface area contributed by atoms with Crippen LogP contribution in [0.2, 0.25) is 0 Å². The lowest BCUT2D eigenvalue weighted by atomic mass is 10.1. The van der Waals surface area contributed by atoms with Crippen LogP contribution in [0, 0.1) is 5.82 Å². The molecule has 0 aliphatic carbocycles. The number of rotatable bonds is 3. The molecule has 1 atom stereocenters. The van der Waals surface area contributed by atoms with Crippen LogP contribution in [-0.2, 0) is 0 Å². The summed E-state index contributed by atoms with van der Waals surface area (Å²) in [5, 5.41) is 0. The van der Waals surface area contributed by atoms with E-state index in [4.69, 9.17) is 9.47 Å². The highest BCUT2D eigenvalue weighted by atomic mass is 79.9. The Balaban J connectivity index is 3.23. The van der Waals surface area contributed by atoms with Crippen LogP contribution in [0.1, 0.15) is 17.3 Å². The van der Waals surface area contributed by atoms with Gasteiger partial charge in [0.25, 0.3) is 0 Å². The molecule has 0 radical (unpaired) electrons. The maximum atomic E-state index is 13.4. The van der Waals surface area contributed by atoms with E-state index in [2.05, 4.69) is 15.9 Å². The summed E-state index contributed by atoms with van der Waals surface area (Å²) >= 11 is 3.31. The number of ether oxygens (including phenoxy) is 2. The summed E-state index contributed by atoms with van der Waals surface area (Å²) in [6.45, 7) is 1.85. The van der Waals surface area contributed by atoms with Gasteiger partial charge in [0, 0.05) is 16.5 Å². The monoisotopic (exact) mass is 262 g/mol. The summed E-state index contributed by atoms with van der Waals surface area (Å²) in [6.07, 6.45) is 0. The Labute approximate surface area is 91.2 Å². The van der Waals surface area contributed by atoms with Crippen molar-refractivity contribution in [2.75, 3.05) is 14.2 Å². The van der Waals surface area contributed by atoms with Gasteiger partial charge < -0.3 is 9.47 Å². The molecular weight excluding hydrogens is 251 g/mol. The van der Waals surface area contributed by atoms with E-state index in [0.717, 1.165) is 0 Å². The number of hydrogen-bond donors (Lipinski definition) is 0. The maximum Gasteiger partial charge on any atom is 0.163 e. The number of hydrogen-bond acceptors (Lipinski definition) is 2. The third kappa shape index (κ3) is 2.18. The van der Waals surface area contributed by atoms with Gasteiger partial charge in [0.1, 0.15) is 5.82 Å². The molecule has 0 amide bonds. The average molecular weight is 263 g/mol. The minimum Gasteiger partial charge on any atom is -0.493 e. The van der Waals surface area contributed by atoms with Crippen LogP contribution < -0.4 is 9.47 Å². The predicted molar refractivity (Wildman–Crippen MR) is 56.8 cm³/mol. The summed E-state index contributed by atoms with van der Waals surface area (Å²) in [6, 6.07) is 2.96. The lowest BCUT2D eigenvalue weighted by molar-refractivity contribution is 0.351. The molecule has 0 aromatic heterocycles. The number of alkyl halides is 1. The Morgan fingerprint density at radius 2 is 1.71 bits per heavy atom. The smallest absolute Gasteiger partial charge is 0.163 e. The second-order valence-corrected chi connectivity index (χ2v) is 4.22. The summed E-state index contributed by atoms with van der Waals surface area (Å²) in [5.41, 5.74) is 0.558. The molecule has 0 saturated heterocycles. The van der Waals surface area contributed by atoms with Gasteiger partial charge in [-0.15, -0.1) is 0 Å². The number of halogens is 2. The fourth-order valence-corrected chi connectivity index (χ4v) is 1.53. The van der Waals surface area contributed by atoms with Crippen molar-refractivity contribution in [1.29, 1.82) is 0 Å². The minimum atomic E-state index is -0.299. The Bertz CT molecular complexity index is 326. The van der Waals surface area contributed by atoms with E-state index in [1.807, 2.05) is 6.92 Å². The van der Waals surface area contributed by atoms with E-state index in [1.165, 1.54) is 20.3 Å². The minimum absolute atomic E-state index is 0.0534. The highest BCUT2D eigenvalue weighted by molar-refractivity contribution is 9.09. The first-order valence-electron chi connectivity index (χ1n) is 4.15. The first-order chi connectivity index (χ1) is 6.60. The molecule has 0 bridgehead atoms. The van der Waals surface area contributed by atoms with Crippen molar-refractivity contribution in [2.45, 2.75) is 11.8 Å². The third-order valence-electron chi connectivity index (χ3n) is 1.93. The molecule has 1 unspecified atom stereocenters. The predicted octanol–water partition coefficient (Wildman–Crippen LogP) is 3.30. The van der Waals surface area contributed by atoms with Crippen molar-refractivity contribution in [3.05, 3.63) is 23.5 Å². The van der Waals surface area contributed by atoms with Crippen LogP contribution in [-0.4, -0.2) is 14.2 Å². The van der Waals surface area contributed by atoms with Crippen LogP contribution in [0.25, 0.3) is 0 Å². The zero-order valence-corrected chi connectivity index (χ0v) is 9.89. The molecule has 1 aromatic rings. The lowest BCUT2D eigenvalue weighted by Gasteiger charge is -2.11. The molecule has 1 aromatic carbocycles. The van der Waals surface area contributed by atoms with Gasteiger partial charge in [-0.1, -0.05) is 15.9 Å². The maximum absolute atomic E-state index is 13.4. The molecule has 0 fully saturated rings. The Morgan fingerprint density at radius 1 is 1.21 bits per heavy atom. The fraction of sp³-hybridized carbons (Fsp3) is 0.400. The van der Waals surface area contributed by atoms with Gasteiger partial charge in [0.15, 0.2) is 11.5 Å². The van der Waals surface area contributed by atoms with Gasteiger partial charge in [0.2, 0.25) is 0 Å². The van der Waals surface area contributed by atoms with Gasteiger partial charge in [-0.05, 0) is 13.0 Å². The highest BCUT2D eigenvalue weighted by Gasteiger charge is 2.13. The van der Waals surface area contributed by atoms with Crippen molar-refractivity contribution in [1.82, 2.24) is 0 Å². The van der Waals surface area contributed by atoms with Gasteiger partial charge >= 0.3 is 0 Å². The molecule has 4 heteroatoms. The van der Waals surface area contributed by atoms with Gasteiger partial charge in [-0.25, -0.2) is 4.39 Å². The molecule has 0 spiro atoms. The highest BCUT2D eigenvalue weighted by Crippen LogP contribution is 2.34. The van der Waals surface area contributed by atoms with E-state index < -0.39 is 0 Å². The Morgan fingerprint density at radius 3 is 2.14 bits per heavy atom. The van der Waals surface area contributed by atoms with Crippen LogP contribution >= 0.6 is 15.9 Å². The van der Waals surface area contributed by atoms with E-state index >= 15 is 0 Å². The largest absolute Gasteiger partial charge is 0.493 e. The Hall–Kier alpha value is -0.770. The normalized spacial score (nSPS) is 12.4. The van der Waals surface area contributed by atoms with Crippen LogP contribution in [0.15, 0.2) is 12.1 Å². The van der Waals surface area contributed by atoms with E-state index in [1.54, 1.807) is 6.07 Å². The molecule has 2 nitrogen and oxygen atoms in total. The second kappa shape index (κ2) is 4.64. The molecule has 0 saturated carbocycles. The van der Waals surface area contributed by atoms with Gasteiger partial charge in [0.05, 0.1) is 14.2 Å². The molecule has 0 N–H and O–H groups in total. The molecule has 0 heterocycles. The van der Waals surface area contributed by atoms with Gasteiger partial charge in [-0.3, -0.25) is 0 Å². The molecule has 0 aliphatic rings. The van der Waals surface area contributed by atoms with E-state index in [-0.39, 0.29) is 10.6 Å². The number of benzene rings is 1. The molecule has 1 rings (SSSR count). The summed E-state index contributed by atoms with van der Waals surface area (Å²) in [5.74, 6) is 0.643. The van der Waals surface area contributed by atoms with Crippen molar-refractivity contribution in [3.8, 4) is 11.5 Å². The van der Waals surface area contributed by atoms with E-state index in [9.17, 15) is 4.39 Å². The molecule has 78 valence electrons. The Kier molecular flexibility index (Phi) is 3.75. The standard InChI is InChI=1S/C10H12BrFO2/c1-6(11)7-4-9(13-2)10(14-3)5-8(7)12/h4-6H,1-3H3. The molecule has 0 aliphatic heterocycles. The van der Waals surface area contributed by atoms with Crippen LogP contribution in [0.3, 0.4) is 0 Å². The SMILES string of the molecule is COc1cc(F)c(C(C)Br)cc1OC. The van der Waals surface area contributed by atoms with E-state index in [0.29, 0.717) is 17.1 Å². The molecule has 14 heavy (non-hydrogen) atoms. The zero-order chi connectivity index (χ0) is 10.7. The van der Waals surface area contributed by atoms with Gasteiger partial charge in [-0.2, -0.15) is 0 Å². The fourth-order valence-electron chi connectivity index (χ4n) is 1.17.